The number of hydrogen-bond donors (Lipinski definition) is 1. The van der Waals surface area contributed by atoms with Crippen molar-refractivity contribution in [2.75, 3.05) is 7.11 Å². The zero-order valence-electron chi connectivity index (χ0n) is 10.7. The Morgan fingerprint density at radius 3 is 2.55 bits per heavy atom. The lowest BCUT2D eigenvalue weighted by atomic mass is 10.0. The fourth-order valence-electron chi connectivity index (χ4n) is 1.96. The minimum atomic E-state index is -0.703. The van der Waals surface area contributed by atoms with Gasteiger partial charge in [0.2, 0.25) is 0 Å². The summed E-state index contributed by atoms with van der Waals surface area (Å²) >= 11 is 6.62. The molecule has 0 saturated carbocycles. The summed E-state index contributed by atoms with van der Waals surface area (Å²) in [5, 5.41) is 10.2. The minimum Gasteiger partial charge on any atom is -0.496 e. The van der Waals surface area contributed by atoms with Gasteiger partial charge in [-0.3, -0.25) is 0 Å². The summed E-state index contributed by atoms with van der Waals surface area (Å²) < 4.78 is 19.9. The highest BCUT2D eigenvalue weighted by Gasteiger charge is 2.12. The van der Waals surface area contributed by atoms with Crippen LogP contribution in [0.5, 0.6) is 5.75 Å². The predicted octanol–water partition coefficient (Wildman–Crippen LogP) is 4.64. The monoisotopic (exact) mass is 402 g/mol. The normalized spacial score (nSPS) is 12.2. The van der Waals surface area contributed by atoms with Crippen molar-refractivity contribution in [1.29, 1.82) is 0 Å². The van der Waals surface area contributed by atoms with Crippen LogP contribution >= 0.6 is 31.9 Å². The number of methoxy groups -OCH3 is 1. The summed E-state index contributed by atoms with van der Waals surface area (Å²) in [5.41, 5.74) is 1.48. The number of ether oxygens (including phenoxy) is 1. The molecule has 2 aromatic carbocycles. The van der Waals surface area contributed by atoms with Gasteiger partial charge in [-0.15, -0.1) is 0 Å². The molecular formula is C15H13Br2FO2. The summed E-state index contributed by atoms with van der Waals surface area (Å²) in [7, 11) is 1.58. The Morgan fingerprint density at radius 1 is 1.20 bits per heavy atom. The smallest absolute Gasteiger partial charge is 0.133 e. The van der Waals surface area contributed by atoms with Gasteiger partial charge in [0.25, 0.3) is 0 Å². The molecule has 0 aromatic heterocycles. The molecule has 5 heteroatoms. The Morgan fingerprint density at radius 2 is 1.95 bits per heavy atom. The molecule has 2 rings (SSSR count). The molecule has 1 atom stereocenters. The second-order valence-corrected chi connectivity index (χ2v) is 6.16. The van der Waals surface area contributed by atoms with Crippen molar-refractivity contribution >= 4 is 31.9 Å². The maximum atomic E-state index is 13.3. The van der Waals surface area contributed by atoms with Crippen LogP contribution in [0.15, 0.2) is 45.3 Å². The summed E-state index contributed by atoms with van der Waals surface area (Å²) in [5.74, 6) is 0.381. The molecule has 106 valence electrons. The second-order valence-electron chi connectivity index (χ2n) is 4.39. The van der Waals surface area contributed by atoms with Crippen molar-refractivity contribution in [3.05, 3.63) is 62.3 Å². The Balaban J connectivity index is 2.19. The van der Waals surface area contributed by atoms with Crippen LogP contribution < -0.4 is 4.74 Å². The zero-order valence-corrected chi connectivity index (χ0v) is 13.9. The summed E-state index contributed by atoms with van der Waals surface area (Å²) in [6, 6.07) is 9.99. The maximum absolute atomic E-state index is 13.3. The topological polar surface area (TPSA) is 29.5 Å². The molecule has 0 saturated heterocycles. The number of aliphatic hydroxyl groups excluding tert-OH is 1. The van der Waals surface area contributed by atoms with E-state index in [0.29, 0.717) is 16.6 Å². The molecule has 2 nitrogen and oxygen atoms in total. The van der Waals surface area contributed by atoms with E-state index in [1.54, 1.807) is 31.4 Å². The second kappa shape index (κ2) is 6.70. The van der Waals surface area contributed by atoms with E-state index in [-0.39, 0.29) is 5.82 Å². The van der Waals surface area contributed by atoms with Crippen molar-refractivity contribution in [1.82, 2.24) is 0 Å². The molecule has 0 heterocycles. The van der Waals surface area contributed by atoms with Crippen LogP contribution in [0.4, 0.5) is 4.39 Å². The summed E-state index contributed by atoms with van der Waals surface area (Å²) in [4.78, 5) is 0. The minimum absolute atomic E-state index is 0.322. The standard InChI is InChI=1S/C15H13Br2FO2/c1-20-15-3-2-10(7-13(15)17)14(19)6-9-4-11(16)8-12(18)5-9/h2-5,7-8,14,19H,6H2,1H3. The molecule has 20 heavy (non-hydrogen) atoms. The molecule has 0 aliphatic carbocycles. The lowest BCUT2D eigenvalue weighted by molar-refractivity contribution is 0.178. The maximum Gasteiger partial charge on any atom is 0.133 e. The number of aliphatic hydroxyl groups is 1. The first-order valence-electron chi connectivity index (χ1n) is 5.96. The Labute approximate surface area is 133 Å². The number of benzene rings is 2. The quantitative estimate of drug-likeness (QED) is 0.805. The van der Waals surface area contributed by atoms with Gasteiger partial charge in [-0.2, -0.15) is 0 Å². The average molecular weight is 404 g/mol. The molecule has 0 fully saturated rings. The van der Waals surface area contributed by atoms with Gasteiger partial charge in [0.1, 0.15) is 11.6 Å². The Hall–Kier alpha value is -0.910. The van der Waals surface area contributed by atoms with Gasteiger partial charge in [0.05, 0.1) is 17.7 Å². The van der Waals surface area contributed by atoms with E-state index < -0.39 is 6.10 Å². The first kappa shape index (κ1) is 15.5. The number of halogens is 3. The SMILES string of the molecule is COc1ccc(C(O)Cc2cc(F)cc(Br)c2)cc1Br. The third-order valence-corrected chi connectivity index (χ3v) is 3.99. The van der Waals surface area contributed by atoms with Crippen molar-refractivity contribution in [3.8, 4) is 5.75 Å². The molecular weight excluding hydrogens is 391 g/mol. The Kier molecular flexibility index (Phi) is 5.18. The highest BCUT2D eigenvalue weighted by molar-refractivity contribution is 9.10. The van der Waals surface area contributed by atoms with E-state index in [2.05, 4.69) is 31.9 Å². The van der Waals surface area contributed by atoms with Gasteiger partial charge >= 0.3 is 0 Å². The third kappa shape index (κ3) is 3.81. The molecule has 0 amide bonds. The van der Waals surface area contributed by atoms with Crippen LogP contribution in [0.3, 0.4) is 0 Å². The molecule has 0 aliphatic rings. The first-order chi connectivity index (χ1) is 9.49. The van der Waals surface area contributed by atoms with Crippen molar-refractivity contribution in [2.24, 2.45) is 0 Å². The van der Waals surface area contributed by atoms with Crippen LogP contribution in [0.25, 0.3) is 0 Å². The largest absolute Gasteiger partial charge is 0.496 e. The van der Waals surface area contributed by atoms with Gasteiger partial charge in [-0.05, 0) is 57.4 Å². The molecule has 1 N–H and O–H groups in total. The molecule has 0 bridgehead atoms. The first-order valence-corrected chi connectivity index (χ1v) is 7.54. The van der Waals surface area contributed by atoms with Crippen LogP contribution in [-0.2, 0) is 6.42 Å². The fraction of sp³-hybridized carbons (Fsp3) is 0.200. The van der Waals surface area contributed by atoms with Crippen LogP contribution in [0.1, 0.15) is 17.2 Å². The molecule has 1 unspecified atom stereocenters. The molecule has 2 aromatic rings. The van der Waals surface area contributed by atoms with Gasteiger partial charge < -0.3 is 9.84 Å². The van der Waals surface area contributed by atoms with E-state index in [4.69, 9.17) is 4.74 Å². The van der Waals surface area contributed by atoms with Gasteiger partial charge in [0.15, 0.2) is 0 Å². The molecule has 0 radical (unpaired) electrons. The van der Waals surface area contributed by atoms with Crippen molar-refractivity contribution in [3.63, 3.8) is 0 Å². The van der Waals surface area contributed by atoms with Crippen LogP contribution in [0.2, 0.25) is 0 Å². The van der Waals surface area contributed by atoms with E-state index >= 15 is 0 Å². The van der Waals surface area contributed by atoms with Gasteiger partial charge in [-0.25, -0.2) is 4.39 Å². The van der Waals surface area contributed by atoms with Gasteiger partial charge in [-0.1, -0.05) is 22.0 Å². The fourth-order valence-corrected chi connectivity index (χ4v) is 3.03. The third-order valence-electron chi connectivity index (χ3n) is 2.91. The van der Waals surface area contributed by atoms with Crippen LogP contribution in [-0.4, -0.2) is 12.2 Å². The highest BCUT2D eigenvalue weighted by atomic mass is 79.9. The summed E-state index contributed by atoms with van der Waals surface area (Å²) in [6.07, 6.45) is -0.360. The lowest BCUT2D eigenvalue weighted by Gasteiger charge is -2.13. The van der Waals surface area contributed by atoms with E-state index in [1.807, 2.05) is 0 Å². The van der Waals surface area contributed by atoms with E-state index in [9.17, 15) is 9.50 Å². The number of rotatable bonds is 4. The van der Waals surface area contributed by atoms with Crippen molar-refractivity contribution in [2.45, 2.75) is 12.5 Å². The zero-order chi connectivity index (χ0) is 14.7. The van der Waals surface area contributed by atoms with Crippen molar-refractivity contribution < 1.29 is 14.2 Å². The number of hydrogen-bond acceptors (Lipinski definition) is 2. The van der Waals surface area contributed by atoms with E-state index in [0.717, 1.165) is 15.6 Å². The molecule has 0 aliphatic heterocycles. The highest BCUT2D eigenvalue weighted by Crippen LogP contribution is 2.29. The summed E-state index contributed by atoms with van der Waals surface area (Å²) in [6.45, 7) is 0. The lowest BCUT2D eigenvalue weighted by Crippen LogP contribution is -2.02. The molecule has 0 spiro atoms. The Bertz CT molecular complexity index is 597. The predicted molar refractivity (Wildman–Crippen MR) is 83.5 cm³/mol. The van der Waals surface area contributed by atoms with E-state index in [1.165, 1.54) is 12.1 Å². The van der Waals surface area contributed by atoms with Gasteiger partial charge in [0, 0.05) is 10.9 Å². The van der Waals surface area contributed by atoms with Crippen LogP contribution in [0, 0.1) is 5.82 Å². The average Bonchev–Trinajstić information content (AvgIpc) is 2.37.